The summed E-state index contributed by atoms with van der Waals surface area (Å²) in [5, 5.41) is 0. The SMILES string of the molecule is CC(C)(C)OC(=O)N1CCCS1(OC(=O)C(F)(F)F)c1ccccc1. The number of nitrogens with zero attached hydrogens (tertiary/aromatic N) is 1. The molecule has 0 aromatic heterocycles. The van der Waals surface area contributed by atoms with Gasteiger partial charge in [0.2, 0.25) is 0 Å². The van der Waals surface area contributed by atoms with Gasteiger partial charge < -0.3 is 8.92 Å². The van der Waals surface area contributed by atoms with Crippen molar-refractivity contribution in [1.82, 2.24) is 4.31 Å². The average Bonchev–Trinajstić information content (AvgIpc) is 2.90. The first kappa shape index (κ1) is 19.4. The fraction of sp³-hybridized carbons (Fsp3) is 0.500. The number of ether oxygens (including phenoxy) is 1. The minimum absolute atomic E-state index is 0.137. The number of carbonyl (C=O) groups is 2. The molecule has 25 heavy (non-hydrogen) atoms. The van der Waals surface area contributed by atoms with Gasteiger partial charge in [0.15, 0.2) is 0 Å². The zero-order valence-electron chi connectivity index (χ0n) is 14.1. The first-order valence-electron chi connectivity index (χ1n) is 7.63. The molecule has 1 aromatic rings. The minimum atomic E-state index is -5.14. The van der Waals surface area contributed by atoms with Gasteiger partial charge in [-0.2, -0.15) is 13.2 Å². The summed E-state index contributed by atoms with van der Waals surface area (Å²) in [5.74, 6) is -2.17. The molecule has 140 valence electrons. The van der Waals surface area contributed by atoms with Crippen molar-refractivity contribution >= 4 is 22.6 Å². The predicted molar refractivity (Wildman–Crippen MR) is 86.9 cm³/mol. The molecule has 2 rings (SSSR count). The topological polar surface area (TPSA) is 55.8 Å². The average molecular weight is 379 g/mol. The first-order chi connectivity index (χ1) is 11.5. The highest BCUT2D eigenvalue weighted by Crippen LogP contribution is 2.64. The maximum atomic E-state index is 12.8. The Kier molecular flexibility index (Phi) is 5.27. The molecular formula is C16H20F3NO4S. The quantitative estimate of drug-likeness (QED) is 0.763. The van der Waals surface area contributed by atoms with Crippen molar-refractivity contribution in [3.63, 3.8) is 0 Å². The number of halogens is 3. The second-order valence-electron chi connectivity index (χ2n) is 6.46. The standard InChI is InChI=1S/C16H20F3NO4S/c1-15(2,3)23-14(22)20-10-7-11-25(20,12-8-5-4-6-9-12)24-13(21)16(17,18)19/h4-6,8-9H,7,10-11H2,1-3H3. The number of hydrogen-bond acceptors (Lipinski definition) is 4. The lowest BCUT2D eigenvalue weighted by molar-refractivity contribution is -0.189. The molecule has 0 bridgehead atoms. The number of hydrogen-bond donors (Lipinski definition) is 0. The highest BCUT2D eigenvalue weighted by Gasteiger charge is 2.51. The molecule has 1 amide bonds. The van der Waals surface area contributed by atoms with E-state index in [9.17, 15) is 22.8 Å². The highest BCUT2D eigenvalue weighted by atomic mass is 32.3. The molecule has 0 saturated carbocycles. The summed E-state index contributed by atoms with van der Waals surface area (Å²) in [6.07, 6.45) is -5.52. The van der Waals surface area contributed by atoms with E-state index in [1.165, 1.54) is 0 Å². The van der Waals surface area contributed by atoms with Crippen LogP contribution in [0.1, 0.15) is 27.2 Å². The van der Waals surface area contributed by atoms with Crippen LogP contribution in [0.15, 0.2) is 35.2 Å². The zero-order valence-corrected chi connectivity index (χ0v) is 14.9. The van der Waals surface area contributed by atoms with E-state index in [2.05, 4.69) is 0 Å². The van der Waals surface area contributed by atoms with Gasteiger partial charge in [-0.05, 0) is 39.3 Å². The maximum absolute atomic E-state index is 12.8. The third-order valence-electron chi connectivity index (χ3n) is 3.29. The van der Waals surface area contributed by atoms with Crippen molar-refractivity contribution in [3.05, 3.63) is 30.3 Å². The molecule has 1 aliphatic rings. The molecule has 1 saturated heterocycles. The Balaban J connectivity index is 2.44. The van der Waals surface area contributed by atoms with Crippen molar-refractivity contribution in [3.8, 4) is 0 Å². The molecule has 1 aliphatic heterocycles. The summed E-state index contributed by atoms with van der Waals surface area (Å²) in [4.78, 5) is 24.5. The minimum Gasteiger partial charge on any atom is -0.443 e. The van der Waals surface area contributed by atoms with Crippen LogP contribution >= 0.6 is 10.5 Å². The number of alkyl halides is 3. The van der Waals surface area contributed by atoms with E-state index in [-0.39, 0.29) is 12.3 Å². The van der Waals surface area contributed by atoms with Gasteiger partial charge in [0.05, 0.1) is 0 Å². The summed E-state index contributed by atoms with van der Waals surface area (Å²) in [7, 11) is -2.95. The van der Waals surface area contributed by atoms with E-state index in [0.717, 1.165) is 4.31 Å². The van der Waals surface area contributed by atoms with E-state index in [4.69, 9.17) is 8.92 Å². The molecule has 0 N–H and O–H groups in total. The number of rotatable bonds is 2. The molecule has 1 atom stereocenters. The Morgan fingerprint density at radius 3 is 2.24 bits per heavy atom. The third-order valence-corrected chi connectivity index (χ3v) is 6.61. The van der Waals surface area contributed by atoms with E-state index < -0.39 is 34.3 Å². The second-order valence-corrected chi connectivity index (χ2v) is 9.23. The molecule has 1 heterocycles. The van der Waals surface area contributed by atoms with Gasteiger partial charge in [-0.1, -0.05) is 18.2 Å². The fourth-order valence-electron chi connectivity index (χ4n) is 2.37. The summed E-state index contributed by atoms with van der Waals surface area (Å²) in [5.41, 5.74) is -0.824. The van der Waals surface area contributed by atoms with Crippen LogP contribution in [0.4, 0.5) is 18.0 Å². The van der Waals surface area contributed by atoms with Gasteiger partial charge in [0.25, 0.3) is 0 Å². The third kappa shape index (κ3) is 4.39. The van der Waals surface area contributed by atoms with Gasteiger partial charge >= 0.3 is 18.2 Å². The molecule has 9 heteroatoms. The van der Waals surface area contributed by atoms with Gasteiger partial charge in [-0.25, -0.2) is 13.9 Å². The second kappa shape index (κ2) is 6.78. The van der Waals surface area contributed by atoms with Crippen LogP contribution in [-0.2, 0) is 13.7 Å². The Morgan fingerprint density at radius 1 is 1.12 bits per heavy atom. The number of benzene rings is 1. The van der Waals surface area contributed by atoms with E-state index >= 15 is 0 Å². The summed E-state index contributed by atoms with van der Waals surface area (Å²) in [6, 6.07) is 8.05. The van der Waals surface area contributed by atoms with E-state index in [0.29, 0.717) is 11.3 Å². The fourth-order valence-corrected chi connectivity index (χ4v) is 5.50. The largest absolute Gasteiger partial charge is 0.492 e. The van der Waals surface area contributed by atoms with Gasteiger partial charge in [-0.15, -0.1) is 0 Å². The molecular weight excluding hydrogens is 359 g/mol. The smallest absolute Gasteiger partial charge is 0.443 e. The lowest BCUT2D eigenvalue weighted by Gasteiger charge is -2.42. The first-order valence-corrected chi connectivity index (χ1v) is 9.31. The van der Waals surface area contributed by atoms with Crippen LogP contribution in [-0.4, -0.2) is 40.4 Å². The van der Waals surface area contributed by atoms with Crippen LogP contribution in [0.5, 0.6) is 0 Å². The van der Waals surface area contributed by atoms with Crippen LogP contribution in [0.2, 0.25) is 0 Å². The molecule has 1 unspecified atom stereocenters. The van der Waals surface area contributed by atoms with Crippen molar-refractivity contribution in [2.24, 2.45) is 0 Å². The number of amides is 1. The zero-order chi connectivity index (χ0) is 18.9. The van der Waals surface area contributed by atoms with E-state index in [1.54, 1.807) is 51.1 Å². The molecule has 1 fully saturated rings. The lowest BCUT2D eigenvalue weighted by atomic mass is 10.2. The van der Waals surface area contributed by atoms with Crippen LogP contribution in [0.25, 0.3) is 0 Å². The van der Waals surface area contributed by atoms with Crippen molar-refractivity contribution in [1.29, 1.82) is 0 Å². The summed E-state index contributed by atoms with van der Waals surface area (Å²) >= 11 is 0. The predicted octanol–water partition coefficient (Wildman–Crippen LogP) is 4.43. The van der Waals surface area contributed by atoms with Gasteiger partial charge in [-0.3, -0.25) is 0 Å². The normalized spacial score (nSPS) is 23.7. The Labute approximate surface area is 145 Å². The lowest BCUT2D eigenvalue weighted by Crippen LogP contribution is -2.39. The molecule has 0 radical (unpaired) electrons. The Hall–Kier alpha value is -1.90. The molecule has 1 aromatic carbocycles. The summed E-state index contributed by atoms with van der Waals surface area (Å²) in [6.45, 7) is 5.12. The maximum Gasteiger partial charge on any atom is 0.492 e. The monoisotopic (exact) mass is 379 g/mol. The van der Waals surface area contributed by atoms with E-state index in [1.807, 2.05) is 0 Å². The van der Waals surface area contributed by atoms with Crippen molar-refractivity contribution in [2.75, 3.05) is 12.3 Å². The van der Waals surface area contributed by atoms with Crippen LogP contribution in [0.3, 0.4) is 0 Å². The van der Waals surface area contributed by atoms with Crippen molar-refractivity contribution in [2.45, 2.75) is 43.9 Å². The Bertz CT molecular complexity index is 645. The van der Waals surface area contributed by atoms with Gasteiger partial charge in [0, 0.05) is 27.7 Å². The Morgan fingerprint density at radius 2 is 1.72 bits per heavy atom. The molecule has 0 aliphatic carbocycles. The van der Waals surface area contributed by atoms with Gasteiger partial charge in [0.1, 0.15) is 5.60 Å². The number of carbonyl (C=O) groups excluding carboxylic acids is 2. The summed E-state index contributed by atoms with van der Waals surface area (Å²) < 4.78 is 49.8. The van der Waals surface area contributed by atoms with Crippen LogP contribution in [0, 0.1) is 0 Å². The highest BCUT2D eigenvalue weighted by molar-refractivity contribution is 8.28. The molecule has 0 spiro atoms. The van der Waals surface area contributed by atoms with Crippen molar-refractivity contribution < 1.29 is 31.7 Å². The molecule has 5 nitrogen and oxygen atoms in total. The van der Waals surface area contributed by atoms with Crippen LogP contribution < -0.4 is 0 Å².